The van der Waals surface area contributed by atoms with Gasteiger partial charge >= 0.3 is 0 Å². The standard InChI is InChI=1S/C13H13N5O/c1-18(7-12-15-8-16-17-12)13(19)10-3-2-4-11-9(10)5-6-14-11/h2-6,8,14H,7H2,1H3,(H,15,16,17). The van der Waals surface area contributed by atoms with E-state index in [0.29, 0.717) is 17.9 Å². The molecule has 0 aliphatic carbocycles. The van der Waals surface area contributed by atoms with E-state index in [4.69, 9.17) is 0 Å². The van der Waals surface area contributed by atoms with E-state index < -0.39 is 0 Å². The normalized spacial score (nSPS) is 10.8. The number of hydrogen-bond acceptors (Lipinski definition) is 3. The lowest BCUT2D eigenvalue weighted by Gasteiger charge is -2.16. The zero-order valence-electron chi connectivity index (χ0n) is 10.4. The van der Waals surface area contributed by atoms with Crippen molar-refractivity contribution in [2.75, 3.05) is 7.05 Å². The molecule has 0 bridgehead atoms. The van der Waals surface area contributed by atoms with Gasteiger partial charge in [-0.05, 0) is 18.2 Å². The fourth-order valence-corrected chi connectivity index (χ4v) is 2.08. The molecule has 0 atom stereocenters. The molecule has 0 saturated heterocycles. The van der Waals surface area contributed by atoms with Gasteiger partial charge in [-0.25, -0.2) is 4.98 Å². The molecule has 1 amide bonds. The maximum Gasteiger partial charge on any atom is 0.254 e. The average molecular weight is 255 g/mol. The van der Waals surface area contributed by atoms with Crippen LogP contribution in [0, 0.1) is 0 Å². The van der Waals surface area contributed by atoms with Crippen LogP contribution >= 0.6 is 0 Å². The van der Waals surface area contributed by atoms with Gasteiger partial charge in [-0.1, -0.05) is 6.07 Å². The number of nitrogens with zero attached hydrogens (tertiary/aromatic N) is 3. The summed E-state index contributed by atoms with van der Waals surface area (Å²) >= 11 is 0. The number of carbonyl (C=O) groups is 1. The molecule has 1 aromatic carbocycles. The Hall–Kier alpha value is -2.63. The molecule has 0 fully saturated rings. The minimum absolute atomic E-state index is 0.0402. The number of rotatable bonds is 3. The Bertz CT molecular complexity index is 701. The van der Waals surface area contributed by atoms with Gasteiger partial charge in [0, 0.05) is 29.7 Å². The Morgan fingerprint density at radius 1 is 1.37 bits per heavy atom. The first kappa shape index (κ1) is 11.5. The van der Waals surface area contributed by atoms with E-state index in [0.717, 1.165) is 10.9 Å². The van der Waals surface area contributed by atoms with Gasteiger partial charge in [-0.2, -0.15) is 5.10 Å². The van der Waals surface area contributed by atoms with Gasteiger partial charge in [0.2, 0.25) is 0 Å². The SMILES string of the molecule is CN(Cc1ncn[nH]1)C(=O)c1cccc2[nH]ccc12. The van der Waals surface area contributed by atoms with Crippen LogP contribution in [-0.2, 0) is 6.54 Å². The molecule has 2 aromatic heterocycles. The molecule has 0 saturated carbocycles. The van der Waals surface area contributed by atoms with E-state index in [1.807, 2.05) is 30.5 Å². The van der Waals surface area contributed by atoms with Crippen LogP contribution in [0.15, 0.2) is 36.8 Å². The van der Waals surface area contributed by atoms with Crippen molar-refractivity contribution in [3.8, 4) is 0 Å². The maximum atomic E-state index is 12.4. The number of aromatic nitrogens is 4. The number of amides is 1. The molecule has 96 valence electrons. The van der Waals surface area contributed by atoms with Crippen molar-refractivity contribution < 1.29 is 4.79 Å². The van der Waals surface area contributed by atoms with Crippen molar-refractivity contribution in [2.45, 2.75) is 6.54 Å². The lowest BCUT2D eigenvalue weighted by Crippen LogP contribution is -2.26. The van der Waals surface area contributed by atoms with Crippen molar-refractivity contribution >= 4 is 16.8 Å². The number of H-pyrrole nitrogens is 2. The van der Waals surface area contributed by atoms with Crippen molar-refractivity contribution in [3.63, 3.8) is 0 Å². The molecule has 6 nitrogen and oxygen atoms in total. The third kappa shape index (κ3) is 2.08. The van der Waals surface area contributed by atoms with Crippen molar-refractivity contribution in [1.29, 1.82) is 0 Å². The van der Waals surface area contributed by atoms with Crippen LogP contribution < -0.4 is 0 Å². The molecule has 3 rings (SSSR count). The van der Waals surface area contributed by atoms with E-state index in [-0.39, 0.29) is 5.91 Å². The zero-order chi connectivity index (χ0) is 13.2. The predicted octanol–water partition coefficient (Wildman–Crippen LogP) is 1.56. The molecule has 2 N–H and O–H groups in total. The van der Waals surface area contributed by atoms with E-state index in [2.05, 4.69) is 20.2 Å². The molecule has 0 unspecified atom stereocenters. The molecule has 2 heterocycles. The summed E-state index contributed by atoms with van der Waals surface area (Å²) in [5, 5.41) is 7.44. The van der Waals surface area contributed by atoms with Gasteiger partial charge in [0.05, 0.1) is 6.54 Å². The minimum atomic E-state index is -0.0402. The summed E-state index contributed by atoms with van der Waals surface area (Å²) in [4.78, 5) is 21.2. The Kier molecular flexibility index (Phi) is 2.75. The van der Waals surface area contributed by atoms with Gasteiger partial charge < -0.3 is 9.88 Å². The summed E-state index contributed by atoms with van der Waals surface area (Å²) in [6.07, 6.45) is 3.26. The van der Waals surface area contributed by atoms with Gasteiger partial charge in [-0.15, -0.1) is 0 Å². The van der Waals surface area contributed by atoms with E-state index in [9.17, 15) is 4.79 Å². The van der Waals surface area contributed by atoms with Crippen LogP contribution in [0.25, 0.3) is 10.9 Å². The predicted molar refractivity (Wildman–Crippen MR) is 70.5 cm³/mol. The molecular weight excluding hydrogens is 242 g/mol. The van der Waals surface area contributed by atoms with Crippen molar-refractivity contribution in [3.05, 3.63) is 48.2 Å². The highest BCUT2D eigenvalue weighted by Gasteiger charge is 2.15. The highest BCUT2D eigenvalue weighted by atomic mass is 16.2. The van der Waals surface area contributed by atoms with Crippen LogP contribution in [0.1, 0.15) is 16.2 Å². The fourth-order valence-electron chi connectivity index (χ4n) is 2.08. The lowest BCUT2D eigenvalue weighted by molar-refractivity contribution is 0.0783. The average Bonchev–Trinajstić information content (AvgIpc) is 3.07. The number of nitrogens with one attached hydrogen (secondary N) is 2. The number of fused-ring (bicyclic) bond motifs is 1. The molecule has 3 aromatic rings. The van der Waals surface area contributed by atoms with E-state index in [1.54, 1.807) is 11.9 Å². The Morgan fingerprint density at radius 3 is 3.05 bits per heavy atom. The molecule has 6 heteroatoms. The number of hydrogen-bond donors (Lipinski definition) is 2. The van der Waals surface area contributed by atoms with E-state index in [1.165, 1.54) is 6.33 Å². The summed E-state index contributed by atoms with van der Waals surface area (Å²) in [6.45, 7) is 0.402. The second-order valence-electron chi connectivity index (χ2n) is 4.34. The Labute approximate surface area is 109 Å². The Balaban J connectivity index is 1.89. The topological polar surface area (TPSA) is 77.7 Å². The first-order chi connectivity index (χ1) is 9.25. The third-order valence-corrected chi connectivity index (χ3v) is 3.02. The van der Waals surface area contributed by atoms with Gasteiger partial charge in [-0.3, -0.25) is 9.89 Å². The van der Waals surface area contributed by atoms with Crippen LogP contribution in [0.4, 0.5) is 0 Å². The quantitative estimate of drug-likeness (QED) is 0.745. The molecule has 0 radical (unpaired) electrons. The number of benzene rings is 1. The molecular formula is C13H13N5O. The highest BCUT2D eigenvalue weighted by molar-refractivity contribution is 6.06. The van der Waals surface area contributed by atoms with Crippen molar-refractivity contribution in [2.24, 2.45) is 0 Å². The zero-order valence-corrected chi connectivity index (χ0v) is 10.4. The summed E-state index contributed by atoms with van der Waals surface area (Å²) in [7, 11) is 1.75. The highest BCUT2D eigenvalue weighted by Crippen LogP contribution is 2.19. The van der Waals surface area contributed by atoms with Crippen molar-refractivity contribution in [1.82, 2.24) is 25.1 Å². The number of carbonyl (C=O) groups excluding carboxylic acids is 1. The molecule has 0 spiro atoms. The van der Waals surface area contributed by atoms with Crippen LogP contribution in [0.5, 0.6) is 0 Å². The Morgan fingerprint density at radius 2 is 2.26 bits per heavy atom. The molecule has 0 aliphatic heterocycles. The summed E-state index contributed by atoms with van der Waals surface area (Å²) < 4.78 is 0. The first-order valence-electron chi connectivity index (χ1n) is 5.91. The third-order valence-electron chi connectivity index (χ3n) is 3.02. The smallest absolute Gasteiger partial charge is 0.254 e. The van der Waals surface area contributed by atoms with Crippen LogP contribution in [-0.4, -0.2) is 38.0 Å². The summed E-state index contributed by atoms with van der Waals surface area (Å²) in [5.74, 6) is 0.624. The van der Waals surface area contributed by atoms with Gasteiger partial charge in [0.25, 0.3) is 5.91 Å². The van der Waals surface area contributed by atoms with Gasteiger partial charge in [0.15, 0.2) is 0 Å². The van der Waals surface area contributed by atoms with Crippen LogP contribution in [0.2, 0.25) is 0 Å². The fraction of sp³-hybridized carbons (Fsp3) is 0.154. The maximum absolute atomic E-state index is 12.4. The molecule has 19 heavy (non-hydrogen) atoms. The van der Waals surface area contributed by atoms with Gasteiger partial charge in [0.1, 0.15) is 12.2 Å². The lowest BCUT2D eigenvalue weighted by atomic mass is 10.1. The largest absolute Gasteiger partial charge is 0.361 e. The second-order valence-corrected chi connectivity index (χ2v) is 4.34. The second kappa shape index (κ2) is 4.56. The first-order valence-corrected chi connectivity index (χ1v) is 5.91. The van der Waals surface area contributed by atoms with E-state index >= 15 is 0 Å². The summed E-state index contributed by atoms with van der Waals surface area (Å²) in [6, 6.07) is 7.55. The van der Waals surface area contributed by atoms with Crippen LogP contribution in [0.3, 0.4) is 0 Å². The molecule has 0 aliphatic rings. The minimum Gasteiger partial charge on any atom is -0.361 e. The monoisotopic (exact) mass is 255 g/mol. The number of aromatic amines is 2. The summed E-state index contributed by atoms with van der Waals surface area (Å²) in [5.41, 5.74) is 1.64.